The molecule has 0 aliphatic carbocycles. The van der Waals surface area contributed by atoms with Crippen LogP contribution in [0.25, 0.3) is 0 Å². The van der Waals surface area contributed by atoms with Crippen LogP contribution < -0.4 is 11.1 Å². The van der Waals surface area contributed by atoms with Gasteiger partial charge in [-0.2, -0.15) is 0 Å². The van der Waals surface area contributed by atoms with Crippen molar-refractivity contribution in [2.75, 3.05) is 6.54 Å². The highest BCUT2D eigenvalue weighted by Gasteiger charge is 2.36. The van der Waals surface area contributed by atoms with Crippen molar-refractivity contribution >= 4 is 17.7 Å². The molecule has 8 heteroatoms. The Labute approximate surface area is 166 Å². The van der Waals surface area contributed by atoms with Gasteiger partial charge in [0.15, 0.2) is 11.6 Å². The predicted octanol–water partition coefficient (Wildman–Crippen LogP) is 2.31. The van der Waals surface area contributed by atoms with Crippen molar-refractivity contribution < 1.29 is 18.8 Å². The van der Waals surface area contributed by atoms with Crippen LogP contribution in [0.15, 0.2) is 10.7 Å². The number of nitrogens with one attached hydrogen (secondary N) is 1. The quantitative estimate of drug-likeness (QED) is 0.560. The summed E-state index contributed by atoms with van der Waals surface area (Å²) < 4.78 is 5.10. The van der Waals surface area contributed by atoms with Crippen molar-refractivity contribution in [3.05, 3.63) is 17.8 Å². The second kappa shape index (κ2) is 10.8. The average molecular weight is 393 g/mol. The lowest BCUT2D eigenvalue weighted by Crippen LogP contribution is -2.52. The molecule has 1 fully saturated rings. The topological polar surface area (TPSA) is 119 Å². The number of likely N-dealkylation sites (tertiary alicyclic amines) is 1. The van der Waals surface area contributed by atoms with Crippen molar-refractivity contribution in [2.45, 2.75) is 83.7 Å². The Morgan fingerprint density at radius 3 is 2.64 bits per heavy atom. The molecule has 2 heterocycles. The molecule has 0 aromatic carbocycles. The Bertz CT molecular complexity index is 673. The molecule has 28 heavy (non-hydrogen) atoms. The van der Waals surface area contributed by atoms with Crippen molar-refractivity contribution in [2.24, 2.45) is 5.73 Å². The number of amides is 3. The molecule has 1 aromatic heterocycles. The van der Waals surface area contributed by atoms with Gasteiger partial charge < -0.3 is 20.4 Å². The third-order valence-electron chi connectivity index (χ3n) is 5.16. The SMILES string of the molecule is CCCCCCCCC(NC(=O)[C@@H]1CCCN1C(=O)c1coc(C)n1)C(N)=O. The van der Waals surface area contributed by atoms with E-state index in [1.165, 1.54) is 30.4 Å². The molecule has 1 aromatic rings. The van der Waals surface area contributed by atoms with Gasteiger partial charge in [-0.1, -0.05) is 45.4 Å². The van der Waals surface area contributed by atoms with E-state index in [9.17, 15) is 14.4 Å². The normalized spacial score (nSPS) is 17.5. The Balaban J connectivity index is 1.89. The molecule has 1 aliphatic rings. The lowest BCUT2D eigenvalue weighted by molar-refractivity contribution is -0.129. The molecule has 0 saturated carbocycles. The molecule has 1 unspecified atom stereocenters. The lowest BCUT2D eigenvalue weighted by atomic mass is 10.0. The lowest BCUT2D eigenvalue weighted by Gasteiger charge is -2.25. The zero-order chi connectivity index (χ0) is 20.5. The Hall–Kier alpha value is -2.38. The van der Waals surface area contributed by atoms with E-state index in [0.29, 0.717) is 25.3 Å². The molecule has 0 spiro atoms. The van der Waals surface area contributed by atoms with E-state index in [1.807, 2.05) is 0 Å². The number of carbonyl (C=O) groups excluding carboxylic acids is 3. The fourth-order valence-electron chi connectivity index (χ4n) is 3.57. The molecule has 0 bridgehead atoms. The highest BCUT2D eigenvalue weighted by Crippen LogP contribution is 2.21. The van der Waals surface area contributed by atoms with Crippen LogP contribution in [0.2, 0.25) is 0 Å². The van der Waals surface area contributed by atoms with Gasteiger partial charge in [-0.15, -0.1) is 0 Å². The van der Waals surface area contributed by atoms with E-state index in [4.69, 9.17) is 10.2 Å². The number of nitrogens with two attached hydrogens (primary N) is 1. The van der Waals surface area contributed by atoms with Crippen molar-refractivity contribution in [1.29, 1.82) is 0 Å². The number of oxazole rings is 1. The molecule has 1 saturated heterocycles. The van der Waals surface area contributed by atoms with Crippen LogP contribution in [0.5, 0.6) is 0 Å². The number of nitrogens with zero attached hydrogens (tertiary/aromatic N) is 2. The average Bonchev–Trinajstić information content (AvgIpc) is 3.31. The molecule has 0 radical (unpaired) electrons. The maximum Gasteiger partial charge on any atom is 0.276 e. The molecular weight excluding hydrogens is 360 g/mol. The summed E-state index contributed by atoms with van der Waals surface area (Å²) in [5, 5.41) is 2.75. The van der Waals surface area contributed by atoms with Gasteiger partial charge >= 0.3 is 0 Å². The Morgan fingerprint density at radius 2 is 2.00 bits per heavy atom. The van der Waals surface area contributed by atoms with Crippen molar-refractivity contribution in [3.63, 3.8) is 0 Å². The van der Waals surface area contributed by atoms with E-state index in [-0.39, 0.29) is 17.5 Å². The first kappa shape index (κ1) is 21.9. The van der Waals surface area contributed by atoms with E-state index >= 15 is 0 Å². The summed E-state index contributed by atoms with van der Waals surface area (Å²) >= 11 is 0. The van der Waals surface area contributed by atoms with E-state index in [1.54, 1.807) is 6.92 Å². The molecule has 3 amide bonds. The second-order valence-corrected chi connectivity index (χ2v) is 7.43. The van der Waals surface area contributed by atoms with Crippen LogP contribution in [-0.4, -0.2) is 46.2 Å². The summed E-state index contributed by atoms with van der Waals surface area (Å²) in [5.74, 6) is -0.803. The van der Waals surface area contributed by atoms with Crippen molar-refractivity contribution in [3.8, 4) is 0 Å². The maximum atomic E-state index is 12.7. The van der Waals surface area contributed by atoms with Crippen LogP contribution in [0.3, 0.4) is 0 Å². The van der Waals surface area contributed by atoms with Gasteiger partial charge in [0.2, 0.25) is 11.8 Å². The van der Waals surface area contributed by atoms with Crippen LogP contribution in [0.1, 0.15) is 81.1 Å². The number of primary amides is 1. The summed E-state index contributed by atoms with van der Waals surface area (Å²) in [7, 11) is 0. The molecular formula is C20H32N4O4. The summed E-state index contributed by atoms with van der Waals surface area (Å²) in [6.45, 7) is 4.30. The number of rotatable bonds is 11. The summed E-state index contributed by atoms with van der Waals surface area (Å²) in [4.78, 5) is 42.7. The maximum absolute atomic E-state index is 12.7. The number of aryl methyl sites for hydroxylation is 1. The van der Waals surface area contributed by atoms with Gasteiger partial charge in [-0.3, -0.25) is 14.4 Å². The first-order valence-corrected chi connectivity index (χ1v) is 10.3. The molecule has 3 N–H and O–H groups in total. The number of unbranched alkanes of at least 4 members (excludes halogenated alkanes) is 5. The molecule has 156 valence electrons. The minimum atomic E-state index is -0.703. The first-order chi connectivity index (χ1) is 13.4. The van der Waals surface area contributed by atoms with Gasteiger partial charge in [0.05, 0.1) is 0 Å². The monoisotopic (exact) mass is 392 g/mol. The standard InChI is InChI=1S/C20H32N4O4/c1-3-4-5-6-7-8-10-15(18(21)25)23-19(26)17-11-9-12-24(17)20(27)16-13-28-14(2)22-16/h13,15,17H,3-12H2,1-2H3,(H2,21,25)(H,23,26)/t15?,17-/m0/s1. The first-order valence-electron chi connectivity index (χ1n) is 10.3. The van der Waals surface area contributed by atoms with Crippen molar-refractivity contribution in [1.82, 2.24) is 15.2 Å². The van der Waals surface area contributed by atoms with E-state index in [2.05, 4.69) is 17.2 Å². The van der Waals surface area contributed by atoms with Crippen LogP contribution in [0, 0.1) is 6.92 Å². The van der Waals surface area contributed by atoms with Crippen LogP contribution in [-0.2, 0) is 9.59 Å². The minimum Gasteiger partial charge on any atom is -0.448 e. The largest absolute Gasteiger partial charge is 0.448 e. The molecule has 2 atom stereocenters. The zero-order valence-electron chi connectivity index (χ0n) is 16.9. The third-order valence-corrected chi connectivity index (χ3v) is 5.16. The van der Waals surface area contributed by atoms with Gasteiger partial charge in [0, 0.05) is 13.5 Å². The zero-order valence-corrected chi connectivity index (χ0v) is 16.9. The molecule has 8 nitrogen and oxygen atoms in total. The van der Waals surface area contributed by atoms with Crippen LogP contribution in [0.4, 0.5) is 0 Å². The van der Waals surface area contributed by atoms with Gasteiger partial charge in [-0.05, 0) is 19.3 Å². The molecule has 2 rings (SSSR count). The predicted molar refractivity (Wildman–Crippen MR) is 104 cm³/mol. The number of carbonyl (C=O) groups is 3. The number of hydrogen-bond acceptors (Lipinski definition) is 5. The van der Waals surface area contributed by atoms with Gasteiger partial charge in [-0.25, -0.2) is 4.98 Å². The number of aromatic nitrogens is 1. The van der Waals surface area contributed by atoms with Gasteiger partial charge in [0.1, 0.15) is 18.3 Å². The summed E-state index contributed by atoms with van der Waals surface area (Å²) in [6.07, 6.45) is 9.65. The second-order valence-electron chi connectivity index (χ2n) is 7.43. The summed E-state index contributed by atoms with van der Waals surface area (Å²) in [5.41, 5.74) is 5.67. The smallest absolute Gasteiger partial charge is 0.276 e. The Kier molecular flexibility index (Phi) is 8.47. The minimum absolute atomic E-state index is 0.190. The van der Waals surface area contributed by atoms with Gasteiger partial charge in [0.25, 0.3) is 5.91 Å². The fraction of sp³-hybridized carbons (Fsp3) is 0.700. The third kappa shape index (κ3) is 6.07. The number of hydrogen-bond donors (Lipinski definition) is 2. The molecule has 1 aliphatic heterocycles. The van der Waals surface area contributed by atoms with Crippen LogP contribution >= 0.6 is 0 Å². The highest BCUT2D eigenvalue weighted by atomic mass is 16.3. The van der Waals surface area contributed by atoms with E-state index < -0.39 is 18.0 Å². The highest BCUT2D eigenvalue weighted by molar-refractivity contribution is 5.97. The van der Waals surface area contributed by atoms with E-state index in [0.717, 1.165) is 25.7 Å². The Morgan fingerprint density at radius 1 is 1.29 bits per heavy atom. The fourth-order valence-corrected chi connectivity index (χ4v) is 3.57. The summed E-state index contributed by atoms with van der Waals surface area (Å²) in [6, 6.07) is -1.32.